The third-order valence-corrected chi connectivity index (χ3v) is 3.98. The highest BCUT2D eigenvalue weighted by Gasteiger charge is 2.04. The average molecular weight is 381 g/mol. The summed E-state index contributed by atoms with van der Waals surface area (Å²) in [5.74, 6) is -0.204. The van der Waals surface area contributed by atoms with Crippen LogP contribution in [0.15, 0.2) is 44.5 Å². The van der Waals surface area contributed by atoms with Gasteiger partial charge in [-0.05, 0) is 39.9 Å². The van der Waals surface area contributed by atoms with Crippen molar-refractivity contribution in [2.24, 2.45) is 0 Å². The van der Waals surface area contributed by atoms with Crippen molar-refractivity contribution in [2.45, 2.75) is 25.8 Å². The lowest BCUT2D eigenvalue weighted by molar-refractivity contribution is -0.140. The van der Waals surface area contributed by atoms with Crippen molar-refractivity contribution in [3.63, 3.8) is 0 Å². The number of nitrogens with zero attached hydrogens (tertiary/aromatic N) is 1. The molecule has 1 N–H and O–H groups in total. The molecule has 0 unspecified atom stereocenters. The van der Waals surface area contributed by atoms with Crippen LogP contribution in [0.3, 0.4) is 0 Å². The molecule has 0 spiro atoms. The van der Waals surface area contributed by atoms with E-state index in [-0.39, 0.29) is 5.97 Å². The molecule has 23 heavy (non-hydrogen) atoms. The van der Waals surface area contributed by atoms with Crippen LogP contribution in [0, 0.1) is 0 Å². The molecule has 0 saturated carbocycles. The monoisotopic (exact) mass is 380 g/mol. The fourth-order valence-corrected chi connectivity index (χ4v) is 2.49. The van der Waals surface area contributed by atoms with Crippen LogP contribution >= 0.6 is 15.9 Å². The van der Waals surface area contributed by atoms with Gasteiger partial charge in [0, 0.05) is 12.6 Å². The Bertz CT molecular complexity index is 793. The van der Waals surface area contributed by atoms with E-state index in [0.717, 1.165) is 24.0 Å². The van der Waals surface area contributed by atoms with E-state index in [2.05, 4.69) is 25.7 Å². The molecule has 2 rings (SSSR count). The summed E-state index contributed by atoms with van der Waals surface area (Å²) < 4.78 is 6.35. The summed E-state index contributed by atoms with van der Waals surface area (Å²) in [6, 6.07) is 7.80. The molecule has 0 aliphatic heterocycles. The van der Waals surface area contributed by atoms with Crippen molar-refractivity contribution in [1.29, 1.82) is 0 Å². The van der Waals surface area contributed by atoms with Gasteiger partial charge in [-0.2, -0.15) is 0 Å². The zero-order valence-electron chi connectivity index (χ0n) is 12.7. The van der Waals surface area contributed by atoms with Crippen LogP contribution in [0.2, 0.25) is 0 Å². The van der Waals surface area contributed by atoms with Crippen LogP contribution in [0.4, 0.5) is 0 Å². The summed E-state index contributed by atoms with van der Waals surface area (Å²) in [6.45, 7) is 0.372. The number of carbonyl (C=O) groups is 1. The Labute approximate surface area is 141 Å². The SMILES string of the molecule is COC(=O)CCCc1ccc(Cn2cc(Br)c(=O)[nH]c2=O)cc1. The number of aryl methyl sites for hydroxylation is 1. The second-order valence-corrected chi connectivity index (χ2v) is 5.96. The predicted octanol–water partition coefficient (Wildman–Crippen LogP) is 1.84. The van der Waals surface area contributed by atoms with E-state index in [1.54, 1.807) is 0 Å². The fourth-order valence-electron chi connectivity index (χ4n) is 2.15. The van der Waals surface area contributed by atoms with Crippen LogP contribution in [0.25, 0.3) is 0 Å². The number of aromatic nitrogens is 2. The third kappa shape index (κ3) is 4.92. The molecule has 122 valence electrons. The number of hydrogen-bond donors (Lipinski definition) is 1. The van der Waals surface area contributed by atoms with Gasteiger partial charge in [0.05, 0.1) is 18.1 Å². The van der Waals surface area contributed by atoms with Crippen molar-refractivity contribution in [3.8, 4) is 0 Å². The maximum absolute atomic E-state index is 11.7. The predicted molar refractivity (Wildman–Crippen MR) is 89.5 cm³/mol. The number of ether oxygens (including phenoxy) is 1. The molecule has 0 fully saturated rings. The number of rotatable bonds is 6. The highest BCUT2D eigenvalue weighted by molar-refractivity contribution is 9.10. The largest absolute Gasteiger partial charge is 0.469 e. The first-order valence-corrected chi connectivity index (χ1v) is 7.93. The van der Waals surface area contributed by atoms with Gasteiger partial charge in [0.2, 0.25) is 0 Å². The van der Waals surface area contributed by atoms with Crippen molar-refractivity contribution in [3.05, 3.63) is 66.9 Å². The highest BCUT2D eigenvalue weighted by atomic mass is 79.9. The number of benzene rings is 1. The summed E-state index contributed by atoms with van der Waals surface area (Å²) >= 11 is 3.11. The Morgan fingerprint density at radius 2 is 1.87 bits per heavy atom. The number of hydrogen-bond acceptors (Lipinski definition) is 4. The van der Waals surface area contributed by atoms with Crippen LogP contribution in [0.1, 0.15) is 24.0 Å². The first kappa shape index (κ1) is 17.2. The Hall–Kier alpha value is -2.15. The van der Waals surface area contributed by atoms with Gasteiger partial charge in [0.15, 0.2) is 0 Å². The minimum atomic E-state index is -0.444. The van der Waals surface area contributed by atoms with Crippen LogP contribution in [-0.2, 0) is 22.5 Å². The number of methoxy groups -OCH3 is 1. The Kier molecular flexibility index (Phi) is 5.92. The van der Waals surface area contributed by atoms with Gasteiger partial charge < -0.3 is 4.74 Å². The maximum Gasteiger partial charge on any atom is 0.328 e. The van der Waals surface area contributed by atoms with Crippen LogP contribution < -0.4 is 11.2 Å². The quantitative estimate of drug-likeness (QED) is 0.775. The Morgan fingerprint density at radius 3 is 2.52 bits per heavy atom. The molecular weight excluding hydrogens is 364 g/mol. The van der Waals surface area contributed by atoms with Crippen molar-refractivity contribution in [1.82, 2.24) is 9.55 Å². The number of H-pyrrole nitrogens is 1. The van der Waals surface area contributed by atoms with Crippen LogP contribution in [-0.4, -0.2) is 22.6 Å². The molecule has 2 aromatic rings. The van der Waals surface area contributed by atoms with Gasteiger partial charge in [-0.25, -0.2) is 4.79 Å². The van der Waals surface area contributed by atoms with Gasteiger partial charge in [-0.1, -0.05) is 24.3 Å². The topological polar surface area (TPSA) is 81.2 Å². The molecule has 0 aliphatic rings. The number of esters is 1. The van der Waals surface area contributed by atoms with Crippen molar-refractivity contribution in [2.75, 3.05) is 7.11 Å². The number of aromatic amines is 1. The summed E-state index contributed by atoms with van der Waals surface area (Å²) in [5, 5.41) is 0. The lowest BCUT2D eigenvalue weighted by Crippen LogP contribution is -2.30. The zero-order valence-corrected chi connectivity index (χ0v) is 14.3. The maximum atomic E-state index is 11.7. The minimum Gasteiger partial charge on any atom is -0.469 e. The number of nitrogens with one attached hydrogen (secondary N) is 1. The van der Waals surface area contributed by atoms with E-state index in [0.29, 0.717) is 17.4 Å². The molecule has 0 saturated heterocycles. The van der Waals surface area contributed by atoms with Gasteiger partial charge >= 0.3 is 11.7 Å². The smallest absolute Gasteiger partial charge is 0.328 e. The molecule has 1 heterocycles. The standard InChI is InChI=1S/C16H17BrN2O4/c1-23-14(20)4-2-3-11-5-7-12(8-6-11)9-19-10-13(17)15(21)18-16(19)22/h5-8,10H,2-4,9H2,1H3,(H,18,21,22). The summed E-state index contributed by atoms with van der Waals surface area (Å²) in [4.78, 5) is 36.4. The second-order valence-electron chi connectivity index (χ2n) is 5.11. The van der Waals surface area contributed by atoms with Crippen molar-refractivity contribution >= 4 is 21.9 Å². The van der Waals surface area contributed by atoms with E-state index < -0.39 is 11.2 Å². The van der Waals surface area contributed by atoms with Crippen molar-refractivity contribution < 1.29 is 9.53 Å². The van der Waals surface area contributed by atoms with E-state index >= 15 is 0 Å². The lowest BCUT2D eigenvalue weighted by Gasteiger charge is -2.07. The molecular formula is C16H17BrN2O4. The molecule has 0 amide bonds. The fraction of sp³-hybridized carbons (Fsp3) is 0.312. The molecule has 0 bridgehead atoms. The summed E-state index contributed by atoms with van der Waals surface area (Å²) in [6.07, 6.45) is 3.41. The van der Waals surface area contributed by atoms with E-state index in [4.69, 9.17) is 0 Å². The van der Waals surface area contributed by atoms with Crippen LogP contribution in [0.5, 0.6) is 0 Å². The number of carbonyl (C=O) groups excluding carboxylic acids is 1. The molecule has 1 aromatic carbocycles. The average Bonchev–Trinajstić information content (AvgIpc) is 2.54. The van der Waals surface area contributed by atoms with E-state index in [9.17, 15) is 14.4 Å². The van der Waals surface area contributed by atoms with Gasteiger partial charge in [-0.15, -0.1) is 0 Å². The molecule has 0 radical (unpaired) electrons. The van der Waals surface area contributed by atoms with E-state index in [1.165, 1.54) is 17.9 Å². The minimum absolute atomic E-state index is 0.204. The number of halogens is 1. The van der Waals surface area contributed by atoms with E-state index in [1.807, 2.05) is 24.3 Å². The Morgan fingerprint density at radius 1 is 1.22 bits per heavy atom. The molecule has 0 atom stereocenters. The summed E-state index contributed by atoms with van der Waals surface area (Å²) in [5.41, 5.74) is 1.18. The first-order valence-electron chi connectivity index (χ1n) is 7.13. The second kappa shape index (κ2) is 7.92. The van der Waals surface area contributed by atoms with Gasteiger partial charge in [0.25, 0.3) is 5.56 Å². The summed E-state index contributed by atoms with van der Waals surface area (Å²) in [7, 11) is 1.38. The molecule has 0 aliphatic carbocycles. The lowest BCUT2D eigenvalue weighted by atomic mass is 10.1. The highest BCUT2D eigenvalue weighted by Crippen LogP contribution is 2.09. The molecule has 1 aromatic heterocycles. The molecule has 7 heteroatoms. The van der Waals surface area contributed by atoms with Gasteiger partial charge in [0.1, 0.15) is 0 Å². The molecule has 6 nitrogen and oxygen atoms in total. The third-order valence-electron chi connectivity index (χ3n) is 3.42. The Balaban J connectivity index is 2.00. The van der Waals surface area contributed by atoms with Gasteiger partial charge in [-0.3, -0.25) is 19.1 Å². The normalized spacial score (nSPS) is 10.5. The zero-order chi connectivity index (χ0) is 16.8. The first-order chi connectivity index (χ1) is 11.0.